The lowest BCUT2D eigenvalue weighted by Crippen LogP contribution is -2.23. The molecule has 1 N–H and O–H groups in total. The number of tetrazole rings is 1. The van der Waals surface area contributed by atoms with E-state index in [-0.39, 0.29) is 5.91 Å². The molecule has 134 valence electrons. The fraction of sp³-hybridized carbons (Fsp3) is 0.176. The molecular weight excluding hydrogens is 393 g/mol. The van der Waals surface area contributed by atoms with Crippen LogP contribution >= 0.6 is 35.0 Å². The molecule has 0 radical (unpaired) electrons. The second kappa shape index (κ2) is 8.07. The monoisotopic (exact) mass is 407 g/mol. The fourth-order valence-electron chi connectivity index (χ4n) is 2.22. The van der Waals surface area contributed by atoms with Gasteiger partial charge in [0.05, 0.1) is 26.7 Å². The molecule has 1 amide bonds. The molecule has 1 atom stereocenters. The van der Waals surface area contributed by atoms with Crippen molar-refractivity contribution < 1.29 is 4.79 Å². The number of amides is 1. The third-order valence-electron chi connectivity index (χ3n) is 3.55. The van der Waals surface area contributed by atoms with Gasteiger partial charge in [0.1, 0.15) is 0 Å². The van der Waals surface area contributed by atoms with Crippen LogP contribution in [0.15, 0.2) is 47.6 Å². The van der Waals surface area contributed by atoms with Crippen LogP contribution in [-0.2, 0) is 4.79 Å². The van der Waals surface area contributed by atoms with Gasteiger partial charge in [0.15, 0.2) is 0 Å². The van der Waals surface area contributed by atoms with Crippen LogP contribution in [0.3, 0.4) is 0 Å². The van der Waals surface area contributed by atoms with Gasteiger partial charge in [0, 0.05) is 0 Å². The molecule has 0 aliphatic carbocycles. The Morgan fingerprint density at radius 1 is 1.23 bits per heavy atom. The number of halogens is 2. The van der Waals surface area contributed by atoms with Gasteiger partial charge in [0.25, 0.3) is 0 Å². The molecule has 0 spiro atoms. The van der Waals surface area contributed by atoms with E-state index in [2.05, 4.69) is 20.8 Å². The molecule has 6 nitrogen and oxygen atoms in total. The van der Waals surface area contributed by atoms with Crippen LogP contribution in [0.25, 0.3) is 5.69 Å². The van der Waals surface area contributed by atoms with Crippen LogP contribution in [0, 0.1) is 6.92 Å². The topological polar surface area (TPSA) is 72.7 Å². The summed E-state index contributed by atoms with van der Waals surface area (Å²) in [5.74, 6) is -0.224. The van der Waals surface area contributed by atoms with Crippen molar-refractivity contribution in [2.75, 3.05) is 5.32 Å². The molecule has 0 fully saturated rings. The lowest BCUT2D eigenvalue weighted by Gasteiger charge is -2.13. The maximum Gasteiger partial charge on any atom is 0.237 e. The normalized spacial score (nSPS) is 12.0. The van der Waals surface area contributed by atoms with Gasteiger partial charge >= 0.3 is 0 Å². The number of benzene rings is 2. The number of thioether (sulfide) groups is 1. The Kier molecular flexibility index (Phi) is 5.80. The summed E-state index contributed by atoms with van der Waals surface area (Å²) in [4.78, 5) is 12.5. The molecule has 0 aliphatic rings. The van der Waals surface area contributed by atoms with Crippen molar-refractivity contribution in [3.63, 3.8) is 0 Å². The van der Waals surface area contributed by atoms with Crippen molar-refractivity contribution in [1.82, 2.24) is 20.2 Å². The smallest absolute Gasteiger partial charge is 0.237 e. The van der Waals surface area contributed by atoms with E-state index < -0.39 is 5.25 Å². The molecule has 0 saturated heterocycles. The van der Waals surface area contributed by atoms with Crippen LogP contribution in [-0.4, -0.2) is 31.4 Å². The lowest BCUT2D eigenvalue weighted by atomic mass is 10.2. The first-order chi connectivity index (χ1) is 12.5. The van der Waals surface area contributed by atoms with Gasteiger partial charge in [-0.1, -0.05) is 53.2 Å². The third-order valence-corrected chi connectivity index (χ3v) is 5.40. The number of nitrogens with one attached hydrogen (secondary N) is 1. The highest BCUT2D eigenvalue weighted by Crippen LogP contribution is 2.30. The summed E-state index contributed by atoms with van der Waals surface area (Å²) in [5.41, 5.74) is 2.40. The molecule has 3 rings (SSSR count). The second-order valence-electron chi connectivity index (χ2n) is 5.56. The Bertz CT molecular complexity index is 946. The standard InChI is InChI=1S/C17H15Cl2N5OS/c1-10-5-3-6-12(9-10)24-17(21-22-23-24)26-11(2)16(25)20-14-8-4-7-13(18)15(14)19/h3-9,11H,1-2H3,(H,20,25). The molecule has 1 aromatic heterocycles. The summed E-state index contributed by atoms with van der Waals surface area (Å²) < 4.78 is 1.60. The molecule has 1 unspecified atom stereocenters. The van der Waals surface area contributed by atoms with Gasteiger partial charge in [-0.05, 0) is 54.1 Å². The van der Waals surface area contributed by atoms with E-state index in [1.165, 1.54) is 11.8 Å². The number of hydrogen-bond donors (Lipinski definition) is 1. The molecule has 1 heterocycles. The number of anilines is 1. The lowest BCUT2D eigenvalue weighted by molar-refractivity contribution is -0.115. The number of hydrogen-bond acceptors (Lipinski definition) is 5. The van der Waals surface area contributed by atoms with Crippen LogP contribution in [0.1, 0.15) is 12.5 Å². The summed E-state index contributed by atoms with van der Waals surface area (Å²) in [7, 11) is 0. The van der Waals surface area contributed by atoms with E-state index in [1.807, 2.05) is 31.2 Å². The minimum absolute atomic E-state index is 0.224. The summed E-state index contributed by atoms with van der Waals surface area (Å²) in [6, 6.07) is 12.9. The summed E-state index contributed by atoms with van der Waals surface area (Å²) in [6.45, 7) is 3.76. The van der Waals surface area contributed by atoms with E-state index in [4.69, 9.17) is 23.2 Å². The summed E-state index contributed by atoms with van der Waals surface area (Å²) in [6.07, 6.45) is 0. The van der Waals surface area contributed by atoms with E-state index in [1.54, 1.807) is 29.8 Å². The molecule has 0 saturated carbocycles. The SMILES string of the molecule is Cc1cccc(-n2nnnc2SC(C)C(=O)Nc2cccc(Cl)c2Cl)c1. The van der Waals surface area contributed by atoms with Gasteiger partial charge in [-0.2, -0.15) is 4.68 Å². The number of carbonyl (C=O) groups excluding carboxylic acids is 1. The first kappa shape index (κ1) is 18.7. The largest absolute Gasteiger partial charge is 0.324 e. The Hall–Kier alpha value is -2.09. The zero-order chi connectivity index (χ0) is 18.7. The number of aryl methyl sites for hydroxylation is 1. The highest BCUT2D eigenvalue weighted by molar-refractivity contribution is 8.00. The van der Waals surface area contributed by atoms with E-state index in [9.17, 15) is 4.79 Å². The first-order valence-electron chi connectivity index (χ1n) is 7.72. The van der Waals surface area contributed by atoms with Crippen molar-refractivity contribution in [1.29, 1.82) is 0 Å². The van der Waals surface area contributed by atoms with E-state index >= 15 is 0 Å². The second-order valence-corrected chi connectivity index (χ2v) is 7.66. The maximum atomic E-state index is 12.5. The minimum atomic E-state index is -0.445. The highest BCUT2D eigenvalue weighted by Gasteiger charge is 2.20. The molecular formula is C17H15Cl2N5OS. The first-order valence-corrected chi connectivity index (χ1v) is 9.36. The summed E-state index contributed by atoms with van der Waals surface area (Å²) >= 11 is 13.3. The van der Waals surface area contributed by atoms with Crippen LogP contribution < -0.4 is 5.32 Å². The van der Waals surface area contributed by atoms with Gasteiger partial charge in [-0.25, -0.2) is 0 Å². The van der Waals surface area contributed by atoms with Crippen molar-refractivity contribution in [3.05, 3.63) is 58.1 Å². The van der Waals surface area contributed by atoms with Crippen LogP contribution in [0.4, 0.5) is 5.69 Å². The van der Waals surface area contributed by atoms with Gasteiger partial charge < -0.3 is 5.32 Å². The quantitative estimate of drug-likeness (QED) is 0.634. The molecule has 3 aromatic rings. The van der Waals surface area contributed by atoms with Crippen LogP contribution in [0.5, 0.6) is 0 Å². The minimum Gasteiger partial charge on any atom is -0.324 e. The van der Waals surface area contributed by atoms with Crippen molar-refractivity contribution in [3.8, 4) is 5.69 Å². The Morgan fingerprint density at radius 2 is 2.00 bits per heavy atom. The van der Waals surface area contributed by atoms with Gasteiger partial charge in [0.2, 0.25) is 11.1 Å². The van der Waals surface area contributed by atoms with E-state index in [0.717, 1.165) is 11.3 Å². The van der Waals surface area contributed by atoms with Gasteiger partial charge in [-0.3, -0.25) is 4.79 Å². The zero-order valence-corrected chi connectivity index (χ0v) is 16.3. The molecule has 26 heavy (non-hydrogen) atoms. The number of rotatable bonds is 5. The zero-order valence-electron chi connectivity index (χ0n) is 14.0. The van der Waals surface area contributed by atoms with E-state index in [0.29, 0.717) is 20.9 Å². The van der Waals surface area contributed by atoms with Crippen molar-refractivity contribution in [2.45, 2.75) is 24.3 Å². The van der Waals surface area contributed by atoms with Crippen molar-refractivity contribution in [2.24, 2.45) is 0 Å². The third kappa shape index (κ3) is 4.17. The summed E-state index contributed by atoms with van der Waals surface area (Å²) in [5, 5.41) is 15.3. The molecule has 0 bridgehead atoms. The van der Waals surface area contributed by atoms with Gasteiger partial charge in [-0.15, -0.1) is 5.10 Å². The molecule has 2 aromatic carbocycles. The predicted molar refractivity (Wildman–Crippen MR) is 104 cm³/mol. The Balaban J connectivity index is 1.74. The van der Waals surface area contributed by atoms with Crippen molar-refractivity contribution >= 4 is 46.6 Å². The molecule has 9 heteroatoms. The highest BCUT2D eigenvalue weighted by atomic mass is 35.5. The number of carbonyl (C=O) groups is 1. The maximum absolute atomic E-state index is 12.5. The average Bonchev–Trinajstić information content (AvgIpc) is 3.07. The Labute approximate surface area is 164 Å². The Morgan fingerprint density at radius 3 is 2.77 bits per heavy atom. The number of aromatic nitrogens is 4. The fourth-order valence-corrected chi connectivity index (χ4v) is 3.38. The average molecular weight is 408 g/mol. The predicted octanol–water partition coefficient (Wildman–Crippen LogP) is 4.40. The number of nitrogens with zero attached hydrogens (tertiary/aromatic N) is 4. The molecule has 0 aliphatic heterocycles. The van der Waals surface area contributed by atoms with Crippen LogP contribution in [0.2, 0.25) is 10.0 Å².